The minimum atomic E-state index is -0.419. The second-order valence-electron chi connectivity index (χ2n) is 5.87. The number of hydrogen-bond donors (Lipinski definition) is 1. The van der Waals surface area contributed by atoms with Crippen LogP contribution in [0.25, 0.3) is 0 Å². The third kappa shape index (κ3) is 2.44. The molecule has 1 aromatic carbocycles. The van der Waals surface area contributed by atoms with E-state index in [1.54, 1.807) is 6.07 Å². The van der Waals surface area contributed by atoms with Crippen molar-refractivity contribution >= 4 is 0 Å². The molecule has 1 N–H and O–H groups in total. The summed E-state index contributed by atoms with van der Waals surface area (Å²) in [4.78, 5) is 2.55. The van der Waals surface area contributed by atoms with Gasteiger partial charge in [0.05, 0.1) is 5.56 Å². The van der Waals surface area contributed by atoms with Crippen molar-refractivity contribution < 1.29 is 4.39 Å². The molecule has 2 atom stereocenters. The maximum Gasteiger partial charge on any atom is 0.140 e. The summed E-state index contributed by atoms with van der Waals surface area (Å²) < 4.78 is 13.5. The summed E-state index contributed by atoms with van der Waals surface area (Å²) >= 11 is 0. The van der Waals surface area contributed by atoms with E-state index in [1.165, 1.54) is 25.3 Å². The summed E-state index contributed by atoms with van der Waals surface area (Å²) in [6.07, 6.45) is 3.71. The summed E-state index contributed by atoms with van der Waals surface area (Å²) in [5.74, 6) is 0.120. The predicted octanol–water partition coefficient (Wildman–Crippen LogP) is 2.44. The van der Waals surface area contributed by atoms with Crippen LogP contribution in [-0.2, 0) is 0 Å². The van der Waals surface area contributed by atoms with E-state index >= 15 is 0 Å². The van der Waals surface area contributed by atoms with Crippen LogP contribution < -0.4 is 5.32 Å². The van der Waals surface area contributed by atoms with E-state index in [-0.39, 0.29) is 5.56 Å². The highest BCUT2D eigenvalue weighted by Crippen LogP contribution is 2.44. The van der Waals surface area contributed by atoms with Gasteiger partial charge < -0.3 is 5.32 Å². The zero-order chi connectivity index (χ0) is 14.1. The van der Waals surface area contributed by atoms with Crippen molar-refractivity contribution in [2.75, 3.05) is 20.1 Å². The number of nitriles is 1. The van der Waals surface area contributed by atoms with Gasteiger partial charge in [0.25, 0.3) is 0 Å². The largest absolute Gasteiger partial charge is 0.319 e. The fourth-order valence-corrected chi connectivity index (χ4v) is 3.45. The molecule has 2 fully saturated rings. The number of hydrogen-bond acceptors (Lipinski definition) is 3. The molecule has 1 aliphatic carbocycles. The third-order valence-corrected chi connectivity index (χ3v) is 4.50. The smallest absolute Gasteiger partial charge is 0.140 e. The number of benzene rings is 1. The zero-order valence-electron chi connectivity index (χ0n) is 11.8. The van der Waals surface area contributed by atoms with Crippen LogP contribution in [0.2, 0.25) is 0 Å². The lowest BCUT2D eigenvalue weighted by atomic mass is 9.92. The molecule has 20 heavy (non-hydrogen) atoms. The van der Waals surface area contributed by atoms with Crippen LogP contribution in [0.5, 0.6) is 0 Å². The van der Waals surface area contributed by atoms with Crippen LogP contribution >= 0.6 is 0 Å². The quantitative estimate of drug-likeness (QED) is 0.916. The van der Waals surface area contributed by atoms with E-state index in [0.717, 1.165) is 18.7 Å². The molecule has 0 aromatic heterocycles. The summed E-state index contributed by atoms with van der Waals surface area (Å²) in [7, 11) is 1.97. The van der Waals surface area contributed by atoms with Gasteiger partial charge in [-0.1, -0.05) is 6.07 Å². The molecule has 1 saturated heterocycles. The molecule has 1 saturated carbocycles. The Hall–Kier alpha value is -1.44. The lowest BCUT2D eigenvalue weighted by Crippen LogP contribution is -2.30. The number of likely N-dealkylation sites (tertiary alicyclic amines) is 1. The minimum absolute atomic E-state index is 0.161. The standard InChI is InChI=1S/C16H20FN3/c1-19-10-12-6-7-20(14-3-4-14)16(12)11-2-5-15(17)13(8-11)9-18/h2,5,8,12,14,16,19H,3-4,6-7,10H2,1H3. The fraction of sp³-hybridized carbons (Fsp3) is 0.562. The van der Waals surface area contributed by atoms with Gasteiger partial charge in [-0.15, -0.1) is 0 Å². The van der Waals surface area contributed by atoms with Crippen molar-refractivity contribution in [3.05, 3.63) is 35.1 Å². The number of nitrogens with one attached hydrogen (secondary N) is 1. The minimum Gasteiger partial charge on any atom is -0.319 e. The molecule has 2 aliphatic rings. The molecule has 3 rings (SSSR count). The Morgan fingerprint density at radius 3 is 2.85 bits per heavy atom. The molecule has 0 spiro atoms. The topological polar surface area (TPSA) is 39.1 Å². The average molecular weight is 273 g/mol. The molecule has 106 valence electrons. The molecule has 2 unspecified atom stereocenters. The summed E-state index contributed by atoms with van der Waals surface area (Å²) in [6, 6.07) is 8.00. The second-order valence-corrected chi connectivity index (χ2v) is 5.87. The van der Waals surface area contributed by atoms with Gasteiger partial charge in [-0.2, -0.15) is 5.26 Å². The average Bonchev–Trinajstić information content (AvgIpc) is 3.22. The van der Waals surface area contributed by atoms with Crippen molar-refractivity contribution in [2.45, 2.75) is 31.3 Å². The van der Waals surface area contributed by atoms with Gasteiger partial charge in [-0.3, -0.25) is 4.90 Å². The van der Waals surface area contributed by atoms with Gasteiger partial charge in [0.2, 0.25) is 0 Å². The Labute approximate surface area is 119 Å². The fourth-order valence-electron chi connectivity index (χ4n) is 3.45. The van der Waals surface area contributed by atoms with E-state index in [0.29, 0.717) is 18.0 Å². The molecule has 1 aromatic rings. The Balaban J connectivity index is 1.92. The first-order valence-electron chi connectivity index (χ1n) is 7.34. The first-order valence-corrected chi connectivity index (χ1v) is 7.34. The van der Waals surface area contributed by atoms with Gasteiger partial charge in [0.15, 0.2) is 0 Å². The van der Waals surface area contributed by atoms with Crippen LogP contribution in [0.4, 0.5) is 4.39 Å². The second kappa shape index (κ2) is 5.51. The Bertz CT molecular complexity index is 533. The molecule has 1 aliphatic heterocycles. The predicted molar refractivity (Wildman–Crippen MR) is 75.6 cm³/mol. The lowest BCUT2D eigenvalue weighted by molar-refractivity contribution is 0.217. The summed E-state index contributed by atoms with van der Waals surface area (Å²) in [5.41, 5.74) is 1.25. The summed E-state index contributed by atoms with van der Waals surface area (Å²) in [6.45, 7) is 2.08. The highest BCUT2D eigenvalue weighted by atomic mass is 19.1. The molecule has 1 heterocycles. The molecule has 0 amide bonds. The van der Waals surface area contributed by atoms with Gasteiger partial charge in [-0.25, -0.2) is 4.39 Å². The third-order valence-electron chi connectivity index (χ3n) is 4.50. The van der Waals surface area contributed by atoms with Gasteiger partial charge >= 0.3 is 0 Å². The van der Waals surface area contributed by atoms with Crippen LogP contribution in [0.3, 0.4) is 0 Å². The lowest BCUT2D eigenvalue weighted by Gasteiger charge is -2.29. The molecular weight excluding hydrogens is 253 g/mol. The Kier molecular flexibility index (Phi) is 3.73. The van der Waals surface area contributed by atoms with Crippen molar-refractivity contribution in [2.24, 2.45) is 5.92 Å². The van der Waals surface area contributed by atoms with E-state index in [2.05, 4.69) is 10.2 Å². The van der Waals surface area contributed by atoms with Gasteiger partial charge in [0, 0.05) is 12.1 Å². The molecule has 3 nitrogen and oxygen atoms in total. The molecule has 0 radical (unpaired) electrons. The maximum atomic E-state index is 13.5. The van der Waals surface area contributed by atoms with Crippen molar-refractivity contribution in [3.63, 3.8) is 0 Å². The molecule has 4 heteroatoms. The zero-order valence-corrected chi connectivity index (χ0v) is 11.8. The van der Waals surface area contributed by atoms with Crippen LogP contribution in [0.15, 0.2) is 18.2 Å². The van der Waals surface area contributed by atoms with Crippen LogP contribution in [-0.4, -0.2) is 31.1 Å². The van der Waals surface area contributed by atoms with Crippen molar-refractivity contribution in [1.29, 1.82) is 5.26 Å². The summed E-state index contributed by atoms with van der Waals surface area (Å²) in [5, 5.41) is 12.3. The van der Waals surface area contributed by atoms with Crippen LogP contribution in [0, 0.1) is 23.1 Å². The van der Waals surface area contributed by atoms with E-state index in [9.17, 15) is 4.39 Å². The monoisotopic (exact) mass is 273 g/mol. The first-order chi connectivity index (χ1) is 9.74. The van der Waals surface area contributed by atoms with Crippen LogP contribution in [0.1, 0.15) is 36.4 Å². The number of rotatable bonds is 4. The van der Waals surface area contributed by atoms with Gasteiger partial charge in [-0.05, 0) is 63.0 Å². The van der Waals surface area contributed by atoms with Crippen molar-refractivity contribution in [3.8, 4) is 6.07 Å². The van der Waals surface area contributed by atoms with Gasteiger partial charge in [0.1, 0.15) is 11.9 Å². The normalized spacial score (nSPS) is 26.6. The molecule has 0 bridgehead atoms. The SMILES string of the molecule is CNCC1CCN(C2CC2)C1c1ccc(F)c(C#N)c1. The van der Waals surface area contributed by atoms with E-state index in [1.807, 2.05) is 19.2 Å². The van der Waals surface area contributed by atoms with E-state index in [4.69, 9.17) is 5.26 Å². The Morgan fingerprint density at radius 1 is 1.40 bits per heavy atom. The highest BCUT2D eigenvalue weighted by molar-refractivity contribution is 5.36. The van der Waals surface area contributed by atoms with Crippen molar-refractivity contribution in [1.82, 2.24) is 10.2 Å². The number of halogens is 1. The highest BCUT2D eigenvalue weighted by Gasteiger charge is 2.42. The van der Waals surface area contributed by atoms with E-state index < -0.39 is 5.82 Å². The first kappa shape index (κ1) is 13.5. The maximum absolute atomic E-state index is 13.5. The molecular formula is C16H20FN3. The Morgan fingerprint density at radius 2 is 2.20 bits per heavy atom. The number of nitrogens with zero attached hydrogens (tertiary/aromatic N) is 2.